The van der Waals surface area contributed by atoms with Crippen LogP contribution in [0.1, 0.15) is 31.1 Å². The zero-order valence-electron chi connectivity index (χ0n) is 14.7. The van der Waals surface area contributed by atoms with E-state index in [9.17, 15) is 14.4 Å². The normalized spacial score (nSPS) is 10.3. The van der Waals surface area contributed by atoms with Crippen LogP contribution in [0.3, 0.4) is 0 Å². The van der Waals surface area contributed by atoms with Crippen LogP contribution in [0, 0.1) is 0 Å². The summed E-state index contributed by atoms with van der Waals surface area (Å²) in [7, 11) is 2.43. The lowest BCUT2D eigenvalue weighted by Crippen LogP contribution is -2.12. The minimum atomic E-state index is -0.664. The maximum Gasteiger partial charge on any atom is 0.344 e. The van der Waals surface area contributed by atoms with Crippen LogP contribution in [0.15, 0.2) is 60.7 Å². The fourth-order valence-electron chi connectivity index (χ4n) is 2.69. The third-order valence-corrected chi connectivity index (χ3v) is 3.97. The molecule has 0 atom stereocenters. The summed E-state index contributed by atoms with van der Waals surface area (Å²) in [6, 6.07) is 16.7. The number of carbonyl (C=O) groups is 3. The zero-order valence-corrected chi connectivity index (χ0v) is 14.7. The molecule has 0 bridgehead atoms. The summed E-state index contributed by atoms with van der Waals surface area (Å²) in [4.78, 5) is 36.4. The molecule has 3 rings (SSSR count). The summed E-state index contributed by atoms with van der Waals surface area (Å²) in [5.41, 5.74) is 0.512. The summed E-state index contributed by atoms with van der Waals surface area (Å²) in [5.74, 6) is -1.90. The Bertz CT molecular complexity index is 998. The van der Waals surface area contributed by atoms with Gasteiger partial charge in [-0.3, -0.25) is 0 Å². The predicted octanol–water partition coefficient (Wildman–Crippen LogP) is 3.63. The monoisotopic (exact) mass is 364 g/mol. The molecule has 136 valence electrons. The van der Waals surface area contributed by atoms with Gasteiger partial charge in [-0.25, -0.2) is 14.4 Å². The molecule has 0 spiro atoms. The fraction of sp³-hybridized carbons (Fsp3) is 0.0952. The molecule has 0 saturated carbocycles. The molecule has 0 fully saturated rings. The van der Waals surface area contributed by atoms with Crippen molar-refractivity contribution >= 4 is 28.7 Å². The summed E-state index contributed by atoms with van der Waals surface area (Å²) in [5, 5.41) is 1.63. The molecule has 6 nitrogen and oxygen atoms in total. The number of rotatable bonds is 4. The van der Waals surface area contributed by atoms with Crippen LogP contribution < -0.4 is 4.74 Å². The van der Waals surface area contributed by atoms with E-state index in [0.717, 1.165) is 10.8 Å². The smallest absolute Gasteiger partial charge is 0.344 e. The highest BCUT2D eigenvalue weighted by molar-refractivity contribution is 6.05. The van der Waals surface area contributed by atoms with Gasteiger partial charge in [0.25, 0.3) is 0 Å². The first-order valence-corrected chi connectivity index (χ1v) is 8.05. The average molecular weight is 364 g/mol. The van der Waals surface area contributed by atoms with Crippen LogP contribution >= 0.6 is 0 Å². The lowest BCUT2D eigenvalue weighted by atomic mass is 10.0. The van der Waals surface area contributed by atoms with Crippen LogP contribution in [0.5, 0.6) is 5.75 Å². The lowest BCUT2D eigenvalue weighted by molar-refractivity contribution is 0.0593. The van der Waals surface area contributed by atoms with Crippen molar-refractivity contribution in [3.8, 4) is 5.75 Å². The molecule has 0 amide bonds. The summed E-state index contributed by atoms with van der Waals surface area (Å²) in [6.45, 7) is 0. The van der Waals surface area contributed by atoms with E-state index >= 15 is 0 Å². The number of fused-ring (bicyclic) bond motifs is 1. The first kappa shape index (κ1) is 18.1. The number of ether oxygens (including phenoxy) is 3. The second-order valence-corrected chi connectivity index (χ2v) is 5.65. The molecule has 0 heterocycles. The molecule has 27 heavy (non-hydrogen) atoms. The average Bonchev–Trinajstić information content (AvgIpc) is 2.71. The van der Waals surface area contributed by atoms with Gasteiger partial charge < -0.3 is 14.2 Å². The van der Waals surface area contributed by atoms with Gasteiger partial charge in [-0.2, -0.15) is 0 Å². The van der Waals surface area contributed by atoms with E-state index < -0.39 is 17.9 Å². The van der Waals surface area contributed by atoms with Crippen LogP contribution in [-0.2, 0) is 9.47 Å². The van der Waals surface area contributed by atoms with E-state index in [-0.39, 0.29) is 16.9 Å². The van der Waals surface area contributed by atoms with Crippen LogP contribution in [0.25, 0.3) is 10.8 Å². The Morgan fingerprint density at radius 3 is 1.93 bits per heavy atom. The van der Waals surface area contributed by atoms with Gasteiger partial charge in [0.15, 0.2) is 0 Å². The lowest BCUT2D eigenvalue weighted by Gasteiger charge is -2.10. The SMILES string of the molecule is COC(=O)c1cc(OC(=O)c2cccc3ccccc23)cc(C(=O)OC)c1. The maximum absolute atomic E-state index is 12.7. The second-order valence-electron chi connectivity index (χ2n) is 5.65. The molecule has 0 aliphatic heterocycles. The van der Waals surface area contributed by atoms with E-state index in [4.69, 9.17) is 4.74 Å². The molecule has 0 aromatic heterocycles. The van der Waals surface area contributed by atoms with Crippen molar-refractivity contribution < 1.29 is 28.6 Å². The van der Waals surface area contributed by atoms with Crippen LogP contribution in [0.4, 0.5) is 0 Å². The Labute approximate surface area is 155 Å². The Morgan fingerprint density at radius 2 is 1.30 bits per heavy atom. The Hall–Kier alpha value is -3.67. The predicted molar refractivity (Wildman–Crippen MR) is 98.0 cm³/mol. The Morgan fingerprint density at radius 1 is 0.704 bits per heavy atom. The van der Waals surface area contributed by atoms with E-state index in [0.29, 0.717) is 5.56 Å². The molecule has 0 aliphatic rings. The number of hydrogen-bond acceptors (Lipinski definition) is 6. The topological polar surface area (TPSA) is 78.9 Å². The summed E-state index contributed by atoms with van der Waals surface area (Å²) in [6.07, 6.45) is 0. The second kappa shape index (κ2) is 7.70. The fourth-order valence-corrected chi connectivity index (χ4v) is 2.69. The summed E-state index contributed by atoms with van der Waals surface area (Å²) < 4.78 is 14.8. The third-order valence-electron chi connectivity index (χ3n) is 3.97. The van der Waals surface area contributed by atoms with Gasteiger partial charge >= 0.3 is 17.9 Å². The van der Waals surface area contributed by atoms with Crippen molar-refractivity contribution in [2.24, 2.45) is 0 Å². The largest absolute Gasteiger partial charge is 0.465 e. The number of methoxy groups -OCH3 is 2. The summed E-state index contributed by atoms with van der Waals surface area (Å²) >= 11 is 0. The van der Waals surface area contributed by atoms with Gasteiger partial charge in [0, 0.05) is 0 Å². The third kappa shape index (κ3) is 3.79. The van der Waals surface area contributed by atoms with E-state index in [1.165, 1.54) is 32.4 Å². The molecule has 6 heteroatoms. The highest BCUT2D eigenvalue weighted by Gasteiger charge is 2.18. The first-order valence-electron chi connectivity index (χ1n) is 8.05. The Kier molecular flexibility index (Phi) is 5.17. The van der Waals surface area contributed by atoms with Crippen molar-refractivity contribution in [2.75, 3.05) is 14.2 Å². The molecule has 0 unspecified atom stereocenters. The van der Waals surface area contributed by atoms with E-state index in [1.54, 1.807) is 12.1 Å². The van der Waals surface area contributed by atoms with Crippen molar-refractivity contribution in [2.45, 2.75) is 0 Å². The molecule has 0 saturated heterocycles. The molecule has 0 radical (unpaired) electrons. The van der Waals surface area contributed by atoms with Gasteiger partial charge in [-0.1, -0.05) is 36.4 Å². The van der Waals surface area contributed by atoms with Gasteiger partial charge in [0.05, 0.1) is 30.9 Å². The van der Waals surface area contributed by atoms with Gasteiger partial charge in [-0.05, 0) is 35.0 Å². The Balaban J connectivity index is 1.99. The number of benzene rings is 3. The minimum Gasteiger partial charge on any atom is -0.465 e. The van der Waals surface area contributed by atoms with Crippen LogP contribution in [-0.4, -0.2) is 32.1 Å². The highest BCUT2D eigenvalue weighted by atomic mass is 16.5. The highest BCUT2D eigenvalue weighted by Crippen LogP contribution is 2.23. The quantitative estimate of drug-likeness (QED) is 0.520. The standard InChI is InChI=1S/C21H16O6/c1-25-19(22)14-10-15(20(23)26-2)12-16(11-14)27-21(24)18-9-5-7-13-6-3-4-8-17(13)18/h3-12H,1-2H3. The van der Waals surface area contributed by atoms with E-state index in [2.05, 4.69) is 9.47 Å². The first-order chi connectivity index (χ1) is 13.0. The van der Waals surface area contributed by atoms with Crippen LogP contribution in [0.2, 0.25) is 0 Å². The van der Waals surface area contributed by atoms with E-state index in [1.807, 2.05) is 30.3 Å². The van der Waals surface area contributed by atoms with Crippen molar-refractivity contribution in [1.82, 2.24) is 0 Å². The van der Waals surface area contributed by atoms with Crippen molar-refractivity contribution in [3.05, 3.63) is 77.4 Å². The molecule has 3 aromatic rings. The maximum atomic E-state index is 12.7. The van der Waals surface area contributed by atoms with Gasteiger partial charge in [0.1, 0.15) is 5.75 Å². The molecular formula is C21H16O6. The zero-order chi connectivity index (χ0) is 19.4. The minimum absolute atomic E-state index is 0.0382. The van der Waals surface area contributed by atoms with Gasteiger partial charge in [0.2, 0.25) is 0 Å². The van der Waals surface area contributed by atoms with Gasteiger partial charge in [-0.15, -0.1) is 0 Å². The molecule has 0 N–H and O–H groups in total. The molecule has 0 aliphatic carbocycles. The number of hydrogen-bond donors (Lipinski definition) is 0. The number of esters is 3. The van der Waals surface area contributed by atoms with Crippen molar-refractivity contribution in [3.63, 3.8) is 0 Å². The number of carbonyl (C=O) groups excluding carboxylic acids is 3. The van der Waals surface area contributed by atoms with Crippen molar-refractivity contribution in [1.29, 1.82) is 0 Å². The molecule has 3 aromatic carbocycles. The molecular weight excluding hydrogens is 348 g/mol.